The maximum Gasteiger partial charge on any atom is 0.365 e. The fourth-order valence-electron chi connectivity index (χ4n) is 1.07. The van der Waals surface area contributed by atoms with Crippen LogP contribution in [0.2, 0.25) is 0 Å². The number of carbonyl (C=O) groups is 1. The second-order valence-corrected chi connectivity index (χ2v) is 7.52. The van der Waals surface area contributed by atoms with E-state index in [1.807, 2.05) is 5.32 Å². The lowest BCUT2D eigenvalue weighted by molar-refractivity contribution is -0.118. The number of halogens is 1. The number of hydrogen-bond donors (Lipinski definition) is 3. The molecule has 0 radical (unpaired) electrons. The van der Waals surface area contributed by atoms with Crippen molar-refractivity contribution in [2.75, 3.05) is 19.1 Å². The molecule has 0 aromatic heterocycles. The number of amides is 1. The minimum absolute atomic E-state index is 0.0927. The highest BCUT2D eigenvalue weighted by atomic mass is 35.5. The van der Waals surface area contributed by atoms with E-state index >= 15 is 0 Å². The predicted molar refractivity (Wildman–Crippen MR) is 65.6 cm³/mol. The van der Waals surface area contributed by atoms with Crippen LogP contribution in [-0.2, 0) is 23.0 Å². The zero-order chi connectivity index (χ0) is 14.4. The monoisotopic (exact) mass is 323 g/mol. The van der Waals surface area contributed by atoms with Crippen LogP contribution >= 0.6 is 26.8 Å². The van der Waals surface area contributed by atoms with Gasteiger partial charge >= 0.3 is 15.2 Å². The normalized spacial score (nSPS) is 14.3. The molecule has 1 amide bonds. The van der Waals surface area contributed by atoms with Gasteiger partial charge in [-0.25, -0.2) is 0 Å². The van der Waals surface area contributed by atoms with E-state index in [4.69, 9.17) is 30.4 Å². The van der Waals surface area contributed by atoms with Gasteiger partial charge in [-0.2, -0.15) is 0 Å². The number of nitrogens with one attached hydrogen (secondary N) is 1. The molecule has 0 saturated heterocycles. The Labute approximate surface area is 110 Å². The Kier molecular flexibility index (Phi) is 7.63. The van der Waals surface area contributed by atoms with Gasteiger partial charge in [0.05, 0.1) is 13.2 Å². The molecule has 0 aromatic carbocycles. The Hall–Kier alpha value is 0.0600. The Morgan fingerprint density at radius 2 is 1.72 bits per heavy atom. The van der Waals surface area contributed by atoms with E-state index in [-0.39, 0.29) is 13.2 Å². The highest BCUT2D eigenvalue weighted by Gasteiger charge is 2.48. The second kappa shape index (κ2) is 7.60. The van der Waals surface area contributed by atoms with Gasteiger partial charge in [0.25, 0.3) is 0 Å². The van der Waals surface area contributed by atoms with Crippen LogP contribution in [0.5, 0.6) is 0 Å². The maximum absolute atomic E-state index is 12.2. The standard InChI is InChI=1S/C7H16ClNO7P2/c1-3-15-18(14,16-4-2)7(17(11,12)13)9-6(10)5-8/h7H,3-5H2,1-2H3,(H,9,10)(H2,11,12,13). The van der Waals surface area contributed by atoms with E-state index in [0.717, 1.165) is 0 Å². The van der Waals surface area contributed by atoms with E-state index in [0.29, 0.717) is 0 Å². The van der Waals surface area contributed by atoms with Gasteiger partial charge < -0.3 is 24.2 Å². The van der Waals surface area contributed by atoms with Gasteiger partial charge in [0, 0.05) is 0 Å². The summed E-state index contributed by atoms with van der Waals surface area (Å²) in [6.45, 7) is 2.77. The van der Waals surface area contributed by atoms with E-state index in [2.05, 4.69) is 0 Å². The van der Waals surface area contributed by atoms with E-state index in [1.54, 1.807) is 0 Å². The smallest absolute Gasteiger partial charge is 0.331 e. The lowest BCUT2D eigenvalue weighted by Gasteiger charge is -2.27. The molecule has 18 heavy (non-hydrogen) atoms. The highest BCUT2D eigenvalue weighted by Crippen LogP contribution is 2.64. The van der Waals surface area contributed by atoms with Crippen LogP contribution in [-0.4, -0.2) is 40.3 Å². The fourth-order valence-corrected chi connectivity index (χ4v) is 4.71. The summed E-state index contributed by atoms with van der Waals surface area (Å²) in [5.41, 5.74) is -2.06. The van der Waals surface area contributed by atoms with E-state index in [1.165, 1.54) is 13.8 Å². The van der Waals surface area contributed by atoms with Crippen LogP contribution in [0, 0.1) is 0 Å². The first-order chi connectivity index (χ1) is 8.21. The summed E-state index contributed by atoms with van der Waals surface area (Å²) in [6.07, 6.45) is 0. The molecule has 11 heteroatoms. The summed E-state index contributed by atoms with van der Waals surface area (Å²) in [5.74, 6) is -1.42. The molecule has 108 valence electrons. The van der Waals surface area contributed by atoms with Crippen LogP contribution in [0.15, 0.2) is 0 Å². The molecule has 1 atom stereocenters. The molecular weight excluding hydrogens is 307 g/mol. The SMILES string of the molecule is CCOP(=O)(OCC)C(NC(=O)CCl)P(=O)(O)O. The van der Waals surface area contributed by atoms with Crippen LogP contribution in [0.1, 0.15) is 13.8 Å². The van der Waals surface area contributed by atoms with Crippen molar-refractivity contribution < 1.29 is 32.8 Å². The number of hydrogen-bond acceptors (Lipinski definition) is 5. The summed E-state index contributed by atoms with van der Waals surface area (Å²) in [4.78, 5) is 29.4. The Morgan fingerprint density at radius 1 is 1.28 bits per heavy atom. The fraction of sp³-hybridized carbons (Fsp3) is 0.857. The third-order valence-corrected chi connectivity index (χ3v) is 6.37. The molecule has 0 heterocycles. The van der Waals surface area contributed by atoms with Gasteiger partial charge in [0.15, 0.2) is 0 Å². The van der Waals surface area contributed by atoms with Crippen LogP contribution in [0.4, 0.5) is 0 Å². The highest BCUT2D eigenvalue weighted by molar-refractivity contribution is 7.71. The first-order valence-electron chi connectivity index (χ1n) is 5.00. The van der Waals surface area contributed by atoms with Crippen LogP contribution in [0.25, 0.3) is 0 Å². The van der Waals surface area contributed by atoms with Crippen LogP contribution < -0.4 is 5.32 Å². The number of rotatable bonds is 8. The summed E-state index contributed by atoms with van der Waals surface area (Å²) >= 11 is 5.21. The average molecular weight is 324 g/mol. The Balaban J connectivity index is 5.31. The average Bonchev–Trinajstić information content (AvgIpc) is 2.24. The minimum Gasteiger partial charge on any atom is -0.331 e. The quantitative estimate of drug-likeness (QED) is 0.451. The molecule has 0 aliphatic carbocycles. The van der Waals surface area contributed by atoms with Crippen molar-refractivity contribution in [1.29, 1.82) is 0 Å². The summed E-state index contributed by atoms with van der Waals surface area (Å²) < 4.78 is 33.1. The number of carbonyl (C=O) groups excluding carboxylic acids is 1. The molecule has 0 fully saturated rings. The lowest BCUT2D eigenvalue weighted by Crippen LogP contribution is -2.36. The van der Waals surface area contributed by atoms with Crippen molar-refractivity contribution in [3.63, 3.8) is 0 Å². The first-order valence-corrected chi connectivity index (χ1v) is 8.83. The van der Waals surface area contributed by atoms with Gasteiger partial charge in [-0.3, -0.25) is 13.9 Å². The zero-order valence-corrected chi connectivity index (χ0v) is 12.5. The topological polar surface area (TPSA) is 122 Å². The summed E-state index contributed by atoms with van der Waals surface area (Å²) in [7, 11) is -9.10. The molecule has 3 N–H and O–H groups in total. The Bertz CT molecular complexity index is 361. The molecule has 0 aliphatic rings. The second-order valence-electron chi connectivity index (χ2n) is 3.04. The molecule has 1 unspecified atom stereocenters. The molecule has 8 nitrogen and oxygen atoms in total. The van der Waals surface area contributed by atoms with Crippen molar-refractivity contribution in [3.8, 4) is 0 Å². The van der Waals surface area contributed by atoms with Crippen molar-refractivity contribution >= 4 is 32.7 Å². The number of alkyl halides is 1. The third-order valence-electron chi connectivity index (χ3n) is 1.65. The van der Waals surface area contributed by atoms with Crippen molar-refractivity contribution in [2.24, 2.45) is 0 Å². The van der Waals surface area contributed by atoms with Gasteiger partial charge in [-0.15, -0.1) is 11.6 Å². The molecule has 0 rings (SSSR count). The van der Waals surface area contributed by atoms with Crippen molar-refractivity contribution in [3.05, 3.63) is 0 Å². The minimum atomic E-state index is -4.93. The maximum atomic E-state index is 12.2. The Morgan fingerprint density at radius 3 is 2.00 bits per heavy atom. The van der Waals surface area contributed by atoms with E-state index in [9.17, 15) is 13.9 Å². The van der Waals surface area contributed by atoms with E-state index < -0.39 is 32.5 Å². The molecule has 0 aromatic rings. The van der Waals surface area contributed by atoms with Gasteiger partial charge in [0.2, 0.25) is 11.4 Å². The summed E-state index contributed by atoms with van der Waals surface area (Å²) in [6, 6.07) is 0. The van der Waals surface area contributed by atoms with Gasteiger partial charge in [-0.1, -0.05) is 0 Å². The van der Waals surface area contributed by atoms with Gasteiger partial charge in [0.1, 0.15) is 5.88 Å². The molecular formula is C7H16ClNO7P2. The lowest BCUT2D eigenvalue weighted by atomic mass is 10.7. The largest absolute Gasteiger partial charge is 0.365 e. The first kappa shape index (κ1) is 18.1. The van der Waals surface area contributed by atoms with Crippen LogP contribution in [0.3, 0.4) is 0 Å². The molecule has 0 bridgehead atoms. The molecule has 0 saturated carbocycles. The van der Waals surface area contributed by atoms with Crippen molar-refractivity contribution in [2.45, 2.75) is 19.4 Å². The zero-order valence-electron chi connectivity index (χ0n) is 9.91. The molecule has 0 aliphatic heterocycles. The molecule has 0 spiro atoms. The van der Waals surface area contributed by atoms with Gasteiger partial charge in [-0.05, 0) is 13.8 Å². The predicted octanol–water partition coefficient (Wildman–Crippen LogP) is 1.07. The van der Waals surface area contributed by atoms with Crippen molar-refractivity contribution in [1.82, 2.24) is 5.32 Å². The summed E-state index contributed by atoms with van der Waals surface area (Å²) in [5, 5.41) is 1.87. The third kappa shape index (κ3) is 5.36.